The first-order valence-corrected chi connectivity index (χ1v) is 11.0. The van der Waals surface area contributed by atoms with E-state index in [1.807, 2.05) is 0 Å². The highest BCUT2D eigenvalue weighted by Gasteiger charge is 2.46. The zero-order chi connectivity index (χ0) is 19.7. The number of hydrogen-bond acceptors (Lipinski definition) is 2. The molecule has 0 N–H and O–H groups in total. The quantitative estimate of drug-likeness (QED) is 0.527. The summed E-state index contributed by atoms with van der Waals surface area (Å²) in [6.45, 7) is 6.64. The Morgan fingerprint density at radius 2 is 1.81 bits per heavy atom. The lowest BCUT2D eigenvalue weighted by molar-refractivity contribution is -0.128. The van der Waals surface area contributed by atoms with Gasteiger partial charge in [0.25, 0.3) is 0 Å². The van der Waals surface area contributed by atoms with E-state index in [0.717, 1.165) is 43.3 Å². The smallest absolute Gasteiger partial charge is 0.153 e. The van der Waals surface area contributed by atoms with Gasteiger partial charge in [-0.2, -0.15) is 0 Å². The Bertz CT molecular complexity index is 822. The first-order valence-electron chi connectivity index (χ1n) is 9.90. The maximum absolute atomic E-state index is 12.3. The molecule has 0 unspecified atom stereocenters. The molecule has 0 atom stereocenters. The first kappa shape index (κ1) is 20.6. The van der Waals surface area contributed by atoms with Crippen molar-refractivity contribution >= 4 is 39.9 Å². The molecule has 1 aromatic carbocycles. The molecular weight excluding hydrogens is 377 g/mol. The third-order valence-electron chi connectivity index (χ3n) is 6.79. The number of aryl methyl sites for hydroxylation is 1. The van der Waals surface area contributed by atoms with Gasteiger partial charge in [-0.25, -0.2) is 0 Å². The van der Waals surface area contributed by atoms with Crippen LogP contribution >= 0.6 is 23.2 Å². The van der Waals surface area contributed by atoms with Crippen molar-refractivity contribution in [2.45, 2.75) is 58.3 Å². The highest BCUT2D eigenvalue weighted by molar-refractivity contribution is 6.28. The van der Waals surface area contributed by atoms with Crippen molar-refractivity contribution in [3.05, 3.63) is 41.6 Å². The standard InChI is InChI=1S/C23H29Cl2NO/c1-16(2)23(11-9-22(3,10-12-23)21(27)15-25)20-7-5-18-14-17(8-13-24)4-6-19(18)26-20/h4-7,14,16H,8-13,15H2,1-3H3. The highest BCUT2D eigenvalue weighted by Crippen LogP contribution is 2.50. The Labute approximate surface area is 172 Å². The third kappa shape index (κ3) is 3.89. The van der Waals surface area contributed by atoms with Gasteiger partial charge in [0, 0.05) is 27.8 Å². The molecule has 2 nitrogen and oxygen atoms in total. The van der Waals surface area contributed by atoms with E-state index in [-0.39, 0.29) is 22.5 Å². The van der Waals surface area contributed by atoms with E-state index in [2.05, 4.69) is 51.1 Å². The second kappa shape index (κ2) is 8.09. The minimum atomic E-state index is -0.284. The van der Waals surface area contributed by atoms with Gasteiger partial charge in [-0.3, -0.25) is 9.78 Å². The summed E-state index contributed by atoms with van der Waals surface area (Å²) in [4.78, 5) is 17.4. The summed E-state index contributed by atoms with van der Waals surface area (Å²) < 4.78 is 0. The van der Waals surface area contributed by atoms with Crippen molar-refractivity contribution in [2.24, 2.45) is 11.3 Å². The number of hydrogen-bond donors (Lipinski definition) is 0. The molecule has 1 aromatic heterocycles. The van der Waals surface area contributed by atoms with E-state index in [1.165, 1.54) is 10.9 Å². The van der Waals surface area contributed by atoms with Gasteiger partial charge >= 0.3 is 0 Å². The molecule has 0 bridgehead atoms. The predicted octanol–water partition coefficient (Wildman–Crippen LogP) is 6.30. The molecule has 1 aliphatic rings. The van der Waals surface area contributed by atoms with Gasteiger partial charge in [0.05, 0.1) is 11.4 Å². The number of alkyl halides is 2. The fourth-order valence-corrected chi connectivity index (χ4v) is 5.08. The van der Waals surface area contributed by atoms with Crippen LogP contribution in [0, 0.1) is 11.3 Å². The number of pyridine rings is 1. The van der Waals surface area contributed by atoms with Crippen LogP contribution in [-0.4, -0.2) is 22.5 Å². The van der Waals surface area contributed by atoms with Gasteiger partial charge in [0.2, 0.25) is 0 Å². The van der Waals surface area contributed by atoms with Gasteiger partial charge in [0.15, 0.2) is 5.78 Å². The number of rotatable bonds is 6. The molecule has 0 amide bonds. The van der Waals surface area contributed by atoms with Crippen LogP contribution in [0.4, 0.5) is 0 Å². The number of aromatic nitrogens is 1. The summed E-state index contributed by atoms with van der Waals surface area (Å²) in [6, 6.07) is 10.8. The highest BCUT2D eigenvalue weighted by atomic mass is 35.5. The van der Waals surface area contributed by atoms with E-state index in [9.17, 15) is 4.79 Å². The fraction of sp³-hybridized carbons (Fsp3) is 0.565. The molecule has 0 aliphatic heterocycles. The summed E-state index contributed by atoms with van der Waals surface area (Å²) in [7, 11) is 0. The van der Waals surface area contributed by atoms with E-state index >= 15 is 0 Å². The fourth-order valence-electron chi connectivity index (χ4n) is 4.53. The van der Waals surface area contributed by atoms with Crippen LogP contribution in [0.2, 0.25) is 0 Å². The molecule has 27 heavy (non-hydrogen) atoms. The van der Waals surface area contributed by atoms with Crippen LogP contribution in [0.25, 0.3) is 10.9 Å². The number of Topliss-reactive ketones (excluding diaryl/α,β-unsaturated/α-hetero) is 1. The number of halogens is 2. The van der Waals surface area contributed by atoms with Gasteiger partial charge in [-0.05, 0) is 61.8 Å². The van der Waals surface area contributed by atoms with Crippen LogP contribution in [0.5, 0.6) is 0 Å². The van der Waals surface area contributed by atoms with E-state index in [4.69, 9.17) is 28.2 Å². The van der Waals surface area contributed by atoms with Gasteiger partial charge in [-0.1, -0.05) is 32.9 Å². The second-order valence-corrected chi connectivity index (χ2v) is 9.24. The number of benzene rings is 1. The number of ketones is 1. The molecule has 0 saturated heterocycles. The monoisotopic (exact) mass is 405 g/mol. The largest absolute Gasteiger partial charge is 0.298 e. The van der Waals surface area contributed by atoms with Gasteiger partial charge in [-0.15, -0.1) is 23.2 Å². The van der Waals surface area contributed by atoms with Crippen LogP contribution in [0.15, 0.2) is 30.3 Å². The molecule has 1 heterocycles. The maximum Gasteiger partial charge on any atom is 0.153 e. The molecule has 146 valence electrons. The van der Waals surface area contributed by atoms with Crippen molar-refractivity contribution in [3.8, 4) is 0 Å². The van der Waals surface area contributed by atoms with E-state index < -0.39 is 0 Å². The number of carbonyl (C=O) groups excluding carboxylic acids is 1. The van der Waals surface area contributed by atoms with Crippen LogP contribution < -0.4 is 0 Å². The molecule has 1 aliphatic carbocycles. The minimum absolute atomic E-state index is 0.0229. The maximum atomic E-state index is 12.3. The van der Waals surface area contributed by atoms with E-state index in [1.54, 1.807) is 0 Å². The summed E-state index contributed by atoms with van der Waals surface area (Å²) in [5.41, 5.74) is 3.19. The lowest BCUT2D eigenvalue weighted by atomic mass is 9.58. The average molecular weight is 406 g/mol. The molecule has 0 radical (unpaired) electrons. The lowest BCUT2D eigenvalue weighted by Crippen LogP contribution is -2.43. The Morgan fingerprint density at radius 1 is 1.11 bits per heavy atom. The first-order chi connectivity index (χ1) is 12.8. The Balaban J connectivity index is 1.94. The van der Waals surface area contributed by atoms with Crippen molar-refractivity contribution in [1.82, 2.24) is 4.98 Å². The van der Waals surface area contributed by atoms with Crippen molar-refractivity contribution in [2.75, 3.05) is 11.8 Å². The topological polar surface area (TPSA) is 30.0 Å². The van der Waals surface area contributed by atoms with Crippen LogP contribution in [0.3, 0.4) is 0 Å². The van der Waals surface area contributed by atoms with Crippen LogP contribution in [-0.2, 0) is 16.6 Å². The number of carbonyl (C=O) groups is 1. The molecule has 2 aromatic rings. The summed E-state index contributed by atoms with van der Waals surface area (Å²) in [5.74, 6) is 1.39. The zero-order valence-electron chi connectivity index (χ0n) is 16.5. The van der Waals surface area contributed by atoms with Gasteiger partial charge < -0.3 is 0 Å². The van der Waals surface area contributed by atoms with Crippen molar-refractivity contribution in [3.63, 3.8) is 0 Å². The molecule has 3 rings (SSSR count). The van der Waals surface area contributed by atoms with Crippen LogP contribution in [0.1, 0.15) is 57.7 Å². The summed E-state index contributed by atoms with van der Waals surface area (Å²) in [5, 5.41) is 1.17. The Hall–Kier alpha value is -1.12. The lowest BCUT2D eigenvalue weighted by Gasteiger charge is -2.46. The molecule has 0 spiro atoms. The summed E-state index contributed by atoms with van der Waals surface area (Å²) >= 11 is 11.7. The second-order valence-electron chi connectivity index (χ2n) is 8.59. The van der Waals surface area contributed by atoms with E-state index in [0.29, 0.717) is 11.8 Å². The SMILES string of the molecule is CC(C)C1(c2ccc3cc(CCCl)ccc3n2)CCC(C)(C(=O)CCl)CC1. The normalized spacial score (nSPS) is 25.9. The number of nitrogens with zero attached hydrogens (tertiary/aromatic N) is 1. The molecule has 4 heteroatoms. The van der Waals surface area contributed by atoms with Crippen molar-refractivity contribution in [1.29, 1.82) is 0 Å². The average Bonchev–Trinajstić information content (AvgIpc) is 2.67. The minimum Gasteiger partial charge on any atom is -0.298 e. The number of fused-ring (bicyclic) bond motifs is 1. The third-order valence-corrected chi connectivity index (χ3v) is 7.22. The predicted molar refractivity (Wildman–Crippen MR) is 115 cm³/mol. The Kier molecular flexibility index (Phi) is 6.17. The van der Waals surface area contributed by atoms with Crippen molar-refractivity contribution < 1.29 is 4.79 Å². The molecule has 1 saturated carbocycles. The molecular formula is C23H29Cl2NO. The van der Waals surface area contributed by atoms with Gasteiger partial charge in [0.1, 0.15) is 0 Å². The zero-order valence-corrected chi connectivity index (χ0v) is 18.0. The molecule has 1 fully saturated rings. The Morgan fingerprint density at radius 3 is 2.41 bits per heavy atom. The summed E-state index contributed by atoms with van der Waals surface area (Å²) in [6.07, 6.45) is 4.60.